The second-order valence-electron chi connectivity index (χ2n) is 10.6. The van der Waals surface area contributed by atoms with Crippen LogP contribution >= 0.6 is 22.9 Å². The molecule has 1 atom stereocenters. The Kier molecular flexibility index (Phi) is 9.01. The van der Waals surface area contributed by atoms with Gasteiger partial charge < -0.3 is 10.1 Å². The molecule has 1 aliphatic rings. The molecular weight excluding hydrogens is 529 g/mol. The lowest BCUT2D eigenvalue weighted by atomic mass is 9.74. The average molecular weight is 564 g/mol. The molecule has 1 heterocycles. The highest BCUT2D eigenvalue weighted by Gasteiger charge is 2.30. The lowest BCUT2D eigenvalue weighted by Crippen LogP contribution is -2.33. The summed E-state index contributed by atoms with van der Waals surface area (Å²) < 4.78 is 21.3. The molecular formula is C33H35ClFNO2S. The fourth-order valence-corrected chi connectivity index (χ4v) is 7.46. The predicted octanol–water partition coefficient (Wildman–Crippen LogP) is 8.97. The normalized spacial score (nSPS) is 18.3. The average Bonchev–Trinajstić information content (AvgIpc) is 3.32. The van der Waals surface area contributed by atoms with Gasteiger partial charge in [0.15, 0.2) is 5.78 Å². The van der Waals surface area contributed by atoms with Crippen LogP contribution in [0, 0.1) is 17.7 Å². The highest BCUT2D eigenvalue weighted by molar-refractivity contribution is 7.21. The van der Waals surface area contributed by atoms with Crippen LogP contribution in [0.5, 0.6) is 5.75 Å². The zero-order valence-corrected chi connectivity index (χ0v) is 24.1. The van der Waals surface area contributed by atoms with Crippen LogP contribution in [0.1, 0.15) is 53.8 Å². The predicted molar refractivity (Wildman–Crippen MR) is 161 cm³/mol. The lowest BCUT2D eigenvalue weighted by Gasteiger charge is -2.34. The van der Waals surface area contributed by atoms with Crippen LogP contribution in [0.2, 0.25) is 5.02 Å². The third-order valence-electron chi connectivity index (χ3n) is 8.34. The van der Waals surface area contributed by atoms with E-state index in [0.29, 0.717) is 40.3 Å². The van der Waals surface area contributed by atoms with E-state index in [9.17, 15) is 9.18 Å². The second-order valence-corrected chi connectivity index (χ2v) is 12.0. The maximum absolute atomic E-state index is 15.0. The molecule has 1 unspecified atom stereocenters. The topological polar surface area (TPSA) is 38.3 Å². The number of carbonyl (C=O) groups is 1. The monoisotopic (exact) mass is 563 g/mol. The van der Waals surface area contributed by atoms with Crippen LogP contribution in [0.3, 0.4) is 0 Å². The fraction of sp³-hybridized carbons (Fsp3) is 0.364. The molecule has 3 aromatic carbocycles. The highest BCUT2D eigenvalue weighted by Crippen LogP contribution is 2.40. The van der Waals surface area contributed by atoms with Crippen molar-refractivity contribution in [2.24, 2.45) is 11.8 Å². The molecule has 6 heteroatoms. The summed E-state index contributed by atoms with van der Waals surface area (Å²) in [6.07, 6.45) is 6.19. The molecule has 0 aliphatic heterocycles. The second kappa shape index (κ2) is 12.6. The number of ketones is 1. The molecule has 1 saturated carbocycles. The molecule has 1 N–H and O–H groups in total. The van der Waals surface area contributed by atoms with Crippen LogP contribution in [0.15, 0.2) is 66.7 Å². The number of methoxy groups -OCH3 is 1. The molecule has 39 heavy (non-hydrogen) atoms. The van der Waals surface area contributed by atoms with Crippen molar-refractivity contribution in [2.45, 2.75) is 51.0 Å². The van der Waals surface area contributed by atoms with Crippen molar-refractivity contribution in [3.63, 3.8) is 0 Å². The van der Waals surface area contributed by atoms with Gasteiger partial charge >= 0.3 is 0 Å². The first kappa shape index (κ1) is 27.8. The number of carbonyl (C=O) groups excluding carboxylic acids is 1. The van der Waals surface area contributed by atoms with Crippen LogP contribution in [-0.4, -0.2) is 26.0 Å². The van der Waals surface area contributed by atoms with E-state index < -0.39 is 0 Å². The number of halogens is 2. The van der Waals surface area contributed by atoms with E-state index in [-0.39, 0.29) is 17.5 Å². The quantitative estimate of drug-likeness (QED) is 0.196. The molecule has 0 radical (unpaired) electrons. The summed E-state index contributed by atoms with van der Waals surface area (Å²) in [6.45, 7) is 0. The van der Waals surface area contributed by atoms with Gasteiger partial charge in [-0.2, -0.15) is 0 Å². The van der Waals surface area contributed by atoms with Gasteiger partial charge in [-0.3, -0.25) is 4.79 Å². The Morgan fingerprint density at radius 3 is 2.46 bits per heavy atom. The van der Waals surface area contributed by atoms with E-state index in [2.05, 4.69) is 5.32 Å². The van der Waals surface area contributed by atoms with E-state index in [1.54, 1.807) is 13.2 Å². The Hall–Kier alpha value is -2.73. The van der Waals surface area contributed by atoms with Gasteiger partial charge in [-0.05, 0) is 104 Å². The summed E-state index contributed by atoms with van der Waals surface area (Å²) in [7, 11) is 3.67. The minimum absolute atomic E-state index is 0.106. The SMILES string of the molecule is CNC1CCC(C(CCc2cc(-c3ccc(OC)cc3)ccc2F)CC(=O)c2sc3ccccc3c2Cl)CC1. The van der Waals surface area contributed by atoms with Crippen LogP contribution in [-0.2, 0) is 6.42 Å². The van der Waals surface area contributed by atoms with E-state index in [1.165, 1.54) is 11.3 Å². The van der Waals surface area contributed by atoms with Gasteiger partial charge in [0.05, 0.1) is 17.0 Å². The number of ether oxygens (including phenoxy) is 1. The molecule has 204 valence electrons. The first-order valence-electron chi connectivity index (χ1n) is 13.8. The first-order valence-corrected chi connectivity index (χ1v) is 15.0. The summed E-state index contributed by atoms with van der Waals surface area (Å²) in [5.74, 6) is 1.33. The summed E-state index contributed by atoms with van der Waals surface area (Å²) in [5, 5.41) is 4.91. The Morgan fingerprint density at radius 1 is 1.05 bits per heavy atom. The third kappa shape index (κ3) is 6.37. The van der Waals surface area contributed by atoms with E-state index >= 15 is 0 Å². The van der Waals surface area contributed by atoms with Gasteiger partial charge in [0.1, 0.15) is 11.6 Å². The molecule has 4 aromatic rings. The van der Waals surface area contributed by atoms with Gasteiger partial charge in [-0.15, -0.1) is 11.3 Å². The number of benzene rings is 3. The van der Waals surface area contributed by atoms with Crippen molar-refractivity contribution in [2.75, 3.05) is 14.2 Å². The smallest absolute Gasteiger partial charge is 0.174 e. The summed E-state index contributed by atoms with van der Waals surface area (Å²) in [6, 6.07) is 21.6. The van der Waals surface area contributed by atoms with Crippen molar-refractivity contribution in [3.8, 4) is 16.9 Å². The standard InChI is InChI=1S/C33H35ClFNO2S/c1-36-26-14-9-21(10-15-26)24(20-30(37)33-32(34)28-5-3-4-6-31(28)39-33)7-8-25-19-23(13-18-29(25)35)22-11-16-27(38-2)17-12-22/h3-6,11-13,16-19,21,24,26,36H,7-10,14-15,20H2,1-2H3. The van der Waals surface area contributed by atoms with Crippen molar-refractivity contribution >= 4 is 38.8 Å². The fourth-order valence-electron chi connectivity index (χ4n) is 5.98. The molecule has 0 bridgehead atoms. The molecule has 3 nitrogen and oxygen atoms in total. The third-order valence-corrected chi connectivity index (χ3v) is 10.1. The summed E-state index contributed by atoms with van der Waals surface area (Å²) >= 11 is 8.15. The Labute approximate surface area is 239 Å². The summed E-state index contributed by atoms with van der Waals surface area (Å²) in [4.78, 5) is 14.3. The molecule has 0 amide bonds. The van der Waals surface area contributed by atoms with Gasteiger partial charge in [0, 0.05) is 22.5 Å². The molecule has 5 rings (SSSR count). The lowest BCUT2D eigenvalue weighted by molar-refractivity contribution is 0.0925. The van der Waals surface area contributed by atoms with Crippen LogP contribution < -0.4 is 10.1 Å². The van der Waals surface area contributed by atoms with Gasteiger partial charge in [0.25, 0.3) is 0 Å². The highest BCUT2D eigenvalue weighted by atomic mass is 35.5. The summed E-state index contributed by atoms with van der Waals surface area (Å²) in [5.41, 5.74) is 2.70. The van der Waals surface area contributed by atoms with Crippen molar-refractivity contribution in [3.05, 3.63) is 88.0 Å². The number of fused-ring (bicyclic) bond motifs is 1. The number of thiophene rings is 1. The van der Waals surface area contributed by atoms with Crippen LogP contribution in [0.25, 0.3) is 21.2 Å². The van der Waals surface area contributed by atoms with Gasteiger partial charge in [-0.25, -0.2) is 4.39 Å². The number of rotatable bonds is 10. The van der Waals surface area contributed by atoms with E-state index in [0.717, 1.165) is 59.1 Å². The number of aryl methyl sites for hydroxylation is 1. The zero-order valence-electron chi connectivity index (χ0n) is 22.5. The molecule has 0 saturated heterocycles. The zero-order chi connectivity index (χ0) is 27.4. The minimum Gasteiger partial charge on any atom is -0.497 e. The first-order chi connectivity index (χ1) is 19.0. The van der Waals surface area contributed by atoms with Crippen molar-refractivity contribution < 1.29 is 13.9 Å². The Balaban J connectivity index is 1.35. The van der Waals surface area contributed by atoms with Gasteiger partial charge in [-0.1, -0.05) is 48.0 Å². The van der Waals surface area contributed by atoms with E-state index in [4.69, 9.17) is 16.3 Å². The van der Waals surface area contributed by atoms with Crippen LogP contribution in [0.4, 0.5) is 4.39 Å². The van der Waals surface area contributed by atoms with Crippen molar-refractivity contribution in [1.29, 1.82) is 0 Å². The Morgan fingerprint density at radius 2 is 1.77 bits per heavy atom. The number of hydrogen-bond acceptors (Lipinski definition) is 4. The maximum Gasteiger partial charge on any atom is 0.174 e. The van der Waals surface area contributed by atoms with Crippen molar-refractivity contribution in [1.82, 2.24) is 5.32 Å². The largest absolute Gasteiger partial charge is 0.497 e. The maximum atomic E-state index is 15.0. The number of hydrogen-bond donors (Lipinski definition) is 1. The Bertz CT molecular complexity index is 1430. The molecule has 1 aliphatic carbocycles. The number of nitrogens with one attached hydrogen (secondary N) is 1. The van der Waals surface area contributed by atoms with E-state index in [1.807, 2.05) is 67.7 Å². The molecule has 1 aromatic heterocycles. The van der Waals surface area contributed by atoms with Gasteiger partial charge in [0.2, 0.25) is 0 Å². The number of Topliss-reactive ketones (excluding diaryl/α,β-unsaturated/α-hetero) is 1. The minimum atomic E-state index is -0.191. The molecule has 0 spiro atoms. The molecule has 1 fully saturated rings.